The van der Waals surface area contributed by atoms with Crippen molar-refractivity contribution in [3.8, 4) is 17.5 Å². The number of aromatic nitrogens is 3. The molecule has 0 aromatic carbocycles. The van der Waals surface area contributed by atoms with E-state index < -0.39 is 6.16 Å². The van der Waals surface area contributed by atoms with Crippen LogP contribution in [-0.4, -0.2) is 51.5 Å². The lowest BCUT2D eigenvalue weighted by Gasteiger charge is -2.30. The standard InChI is InChI=1S/C20H27N5O5/c1-12(2)27-20(26)30-25-9-7-15(8-10-25)28-18-13(3)19(23-11-22-18)29-16-5-6-17(21)24-14(16)4/h5-6,11-12,15H,7-10H2,1-4H3,(H2,21,24). The first-order valence-electron chi connectivity index (χ1n) is 9.84. The normalized spacial score (nSPS) is 15.1. The molecule has 3 rings (SSSR count). The number of rotatable bonds is 6. The number of ether oxygens (including phenoxy) is 3. The first kappa shape index (κ1) is 21.6. The van der Waals surface area contributed by atoms with Gasteiger partial charge in [-0.15, -0.1) is 5.06 Å². The van der Waals surface area contributed by atoms with Crippen LogP contribution in [0.4, 0.5) is 10.6 Å². The lowest BCUT2D eigenvalue weighted by atomic mass is 10.1. The van der Waals surface area contributed by atoms with Gasteiger partial charge in [-0.25, -0.2) is 19.7 Å². The number of pyridine rings is 1. The maximum atomic E-state index is 11.6. The topological polar surface area (TPSA) is 122 Å². The van der Waals surface area contributed by atoms with Gasteiger partial charge in [-0.1, -0.05) is 0 Å². The van der Waals surface area contributed by atoms with Gasteiger partial charge in [0.15, 0.2) is 5.75 Å². The Kier molecular flexibility index (Phi) is 6.88. The highest BCUT2D eigenvalue weighted by Gasteiger charge is 2.25. The minimum Gasteiger partial charge on any atom is -0.474 e. The molecule has 1 aliphatic rings. The van der Waals surface area contributed by atoms with E-state index in [0.29, 0.717) is 60.5 Å². The Morgan fingerprint density at radius 1 is 1.17 bits per heavy atom. The molecule has 2 aromatic heterocycles. The van der Waals surface area contributed by atoms with Crippen molar-refractivity contribution in [1.82, 2.24) is 20.0 Å². The summed E-state index contributed by atoms with van der Waals surface area (Å²) in [7, 11) is 0. The second-order valence-corrected chi connectivity index (χ2v) is 7.28. The fourth-order valence-corrected chi connectivity index (χ4v) is 2.94. The summed E-state index contributed by atoms with van der Waals surface area (Å²) in [5.41, 5.74) is 7.04. The zero-order chi connectivity index (χ0) is 21.7. The van der Waals surface area contributed by atoms with E-state index in [1.54, 1.807) is 31.0 Å². The van der Waals surface area contributed by atoms with Gasteiger partial charge in [-0.3, -0.25) is 0 Å². The Morgan fingerprint density at radius 3 is 2.53 bits per heavy atom. The Balaban J connectivity index is 1.58. The molecule has 10 nitrogen and oxygen atoms in total. The number of aryl methyl sites for hydroxylation is 1. The van der Waals surface area contributed by atoms with Crippen molar-refractivity contribution in [2.75, 3.05) is 18.8 Å². The van der Waals surface area contributed by atoms with Gasteiger partial charge in [0, 0.05) is 25.9 Å². The van der Waals surface area contributed by atoms with Crippen LogP contribution in [-0.2, 0) is 9.57 Å². The summed E-state index contributed by atoms with van der Waals surface area (Å²) in [6.07, 6.45) is 1.78. The van der Waals surface area contributed by atoms with Gasteiger partial charge in [0.05, 0.1) is 17.4 Å². The van der Waals surface area contributed by atoms with Crippen LogP contribution in [0.3, 0.4) is 0 Å². The molecule has 0 aliphatic carbocycles. The molecule has 0 amide bonds. The fraction of sp³-hybridized carbons (Fsp3) is 0.500. The fourth-order valence-electron chi connectivity index (χ4n) is 2.94. The van der Waals surface area contributed by atoms with Gasteiger partial charge in [0.25, 0.3) is 0 Å². The predicted molar refractivity (Wildman–Crippen MR) is 108 cm³/mol. The van der Waals surface area contributed by atoms with Crippen LogP contribution in [0.5, 0.6) is 17.5 Å². The number of nitrogen functional groups attached to an aromatic ring is 1. The molecule has 162 valence electrons. The summed E-state index contributed by atoms with van der Waals surface area (Å²) in [6.45, 7) is 8.28. The van der Waals surface area contributed by atoms with Crippen LogP contribution in [0.15, 0.2) is 18.5 Å². The summed E-state index contributed by atoms with van der Waals surface area (Å²) < 4.78 is 16.9. The molecule has 0 unspecified atom stereocenters. The maximum Gasteiger partial charge on any atom is 0.528 e. The Morgan fingerprint density at radius 2 is 1.87 bits per heavy atom. The van der Waals surface area contributed by atoms with E-state index in [1.165, 1.54) is 6.33 Å². The average Bonchev–Trinajstić information content (AvgIpc) is 2.68. The second kappa shape index (κ2) is 9.57. The third-order valence-corrected chi connectivity index (χ3v) is 4.47. The lowest BCUT2D eigenvalue weighted by molar-refractivity contribution is -0.151. The van der Waals surface area contributed by atoms with Crippen LogP contribution in [0, 0.1) is 13.8 Å². The molecule has 1 aliphatic heterocycles. The van der Waals surface area contributed by atoms with Gasteiger partial charge in [-0.2, -0.15) is 0 Å². The number of anilines is 1. The van der Waals surface area contributed by atoms with Crippen LogP contribution < -0.4 is 15.2 Å². The minimum atomic E-state index is -0.690. The Labute approximate surface area is 175 Å². The molecule has 3 heterocycles. The number of hydrogen-bond donors (Lipinski definition) is 1. The highest BCUT2D eigenvalue weighted by molar-refractivity contribution is 5.59. The van der Waals surface area contributed by atoms with Crippen LogP contribution in [0.1, 0.15) is 37.9 Å². The third kappa shape index (κ3) is 5.69. The van der Waals surface area contributed by atoms with Crippen molar-refractivity contribution < 1.29 is 23.8 Å². The summed E-state index contributed by atoms with van der Waals surface area (Å²) in [5.74, 6) is 1.85. The van der Waals surface area contributed by atoms with Gasteiger partial charge in [0.1, 0.15) is 18.2 Å². The first-order valence-corrected chi connectivity index (χ1v) is 9.84. The number of nitrogens with zero attached hydrogens (tertiary/aromatic N) is 4. The summed E-state index contributed by atoms with van der Waals surface area (Å²) in [4.78, 5) is 29.4. The number of carbonyl (C=O) groups is 1. The molecule has 0 atom stereocenters. The lowest BCUT2D eigenvalue weighted by Crippen LogP contribution is -2.40. The Hall–Kier alpha value is -3.14. The van der Waals surface area contributed by atoms with Crippen molar-refractivity contribution >= 4 is 12.0 Å². The molecule has 10 heteroatoms. The van der Waals surface area contributed by atoms with Crippen molar-refractivity contribution in [3.05, 3.63) is 29.7 Å². The number of hydroxylamine groups is 2. The number of piperidine rings is 1. The van der Waals surface area contributed by atoms with E-state index in [2.05, 4.69) is 15.0 Å². The van der Waals surface area contributed by atoms with E-state index in [-0.39, 0.29) is 12.2 Å². The van der Waals surface area contributed by atoms with Crippen LogP contribution >= 0.6 is 0 Å². The molecule has 0 radical (unpaired) electrons. The molecule has 0 saturated carbocycles. The van der Waals surface area contributed by atoms with Gasteiger partial charge >= 0.3 is 6.16 Å². The zero-order valence-corrected chi connectivity index (χ0v) is 17.6. The maximum absolute atomic E-state index is 11.6. The molecule has 0 spiro atoms. The first-order chi connectivity index (χ1) is 14.3. The van der Waals surface area contributed by atoms with E-state index in [0.717, 1.165) is 0 Å². The van der Waals surface area contributed by atoms with E-state index >= 15 is 0 Å². The van der Waals surface area contributed by atoms with Crippen LogP contribution in [0.25, 0.3) is 0 Å². The van der Waals surface area contributed by atoms with Gasteiger partial charge in [0.2, 0.25) is 11.8 Å². The van der Waals surface area contributed by atoms with Crippen LogP contribution in [0.2, 0.25) is 0 Å². The number of nitrogens with two attached hydrogens (primary N) is 1. The quantitative estimate of drug-likeness (QED) is 0.701. The highest BCUT2D eigenvalue weighted by atomic mass is 16.8. The molecule has 0 bridgehead atoms. The molecule has 2 N–H and O–H groups in total. The smallest absolute Gasteiger partial charge is 0.474 e. The van der Waals surface area contributed by atoms with Crippen molar-refractivity contribution in [2.45, 2.75) is 52.7 Å². The SMILES string of the molecule is Cc1nc(N)ccc1Oc1ncnc(OC2CCN(OC(=O)OC(C)C)CC2)c1C. The Bertz CT molecular complexity index is 884. The molecule has 30 heavy (non-hydrogen) atoms. The molecular weight excluding hydrogens is 390 g/mol. The third-order valence-electron chi connectivity index (χ3n) is 4.47. The van der Waals surface area contributed by atoms with Crippen molar-refractivity contribution in [2.24, 2.45) is 0 Å². The summed E-state index contributed by atoms with van der Waals surface area (Å²) >= 11 is 0. The van der Waals surface area contributed by atoms with E-state index in [1.807, 2.05) is 13.8 Å². The van der Waals surface area contributed by atoms with E-state index in [4.69, 9.17) is 24.8 Å². The molecule has 1 fully saturated rings. The molecule has 1 saturated heterocycles. The highest BCUT2D eigenvalue weighted by Crippen LogP contribution is 2.30. The average molecular weight is 417 g/mol. The zero-order valence-electron chi connectivity index (χ0n) is 17.6. The number of hydrogen-bond acceptors (Lipinski definition) is 10. The van der Waals surface area contributed by atoms with Crippen molar-refractivity contribution in [1.29, 1.82) is 0 Å². The molecule has 2 aromatic rings. The monoisotopic (exact) mass is 417 g/mol. The van der Waals surface area contributed by atoms with E-state index in [9.17, 15) is 4.79 Å². The minimum absolute atomic E-state index is 0.0626. The van der Waals surface area contributed by atoms with Gasteiger partial charge < -0.3 is 24.8 Å². The van der Waals surface area contributed by atoms with Gasteiger partial charge in [-0.05, 0) is 39.8 Å². The van der Waals surface area contributed by atoms with Crippen molar-refractivity contribution in [3.63, 3.8) is 0 Å². The second-order valence-electron chi connectivity index (χ2n) is 7.28. The molecular formula is C20H27N5O5. The predicted octanol–water partition coefficient (Wildman–Crippen LogP) is 3.18. The summed E-state index contributed by atoms with van der Waals surface area (Å²) in [6, 6.07) is 3.42. The summed E-state index contributed by atoms with van der Waals surface area (Å²) in [5, 5.41) is 1.59. The largest absolute Gasteiger partial charge is 0.528 e. The number of carbonyl (C=O) groups excluding carboxylic acids is 1.